The van der Waals surface area contributed by atoms with Crippen LogP contribution in [0.15, 0.2) is 42.6 Å². The number of benzene rings is 2. The highest BCUT2D eigenvalue weighted by Crippen LogP contribution is 2.48. The smallest absolute Gasteiger partial charge is 0.179 e. The van der Waals surface area contributed by atoms with Gasteiger partial charge in [0, 0.05) is 24.0 Å². The van der Waals surface area contributed by atoms with E-state index >= 15 is 0 Å². The van der Waals surface area contributed by atoms with Crippen molar-refractivity contribution in [2.45, 2.75) is 19.3 Å². The van der Waals surface area contributed by atoms with Gasteiger partial charge in [-0.15, -0.1) is 0 Å². The Kier molecular flexibility index (Phi) is 7.09. The van der Waals surface area contributed by atoms with E-state index in [-0.39, 0.29) is 17.7 Å². The van der Waals surface area contributed by atoms with Gasteiger partial charge in [0.05, 0.1) is 20.4 Å². The fraction of sp³-hybridized carbons (Fsp3) is 0.280. The SMILES string of the molecule is CNc1ccc(OC)cc1.COc1cnc(C)nc1Nc1n[nH]c2c(F)c([C@@H]3CC3C=O)ccc12. The molecule has 1 aliphatic rings. The number of anilines is 3. The minimum absolute atomic E-state index is 0.0359. The van der Waals surface area contributed by atoms with E-state index in [0.717, 1.165) is 17.7 Å². The Balaban J connectivity index is 0.000000243. The van der Waals surface area contributed by atoms with E-state index in [4.69, 9.17) is 9.47 Å². The first-order chi connectivity index (χ1) is 17.0. The first kappa shape index (κ1) is 23.9. The molecular formula is C25H27FN6O3. The maximum absolute atomic E-state index is 14.8. The van der Waals surface area contributed by atoms with E-state index in [2.05, 4.69) is 30.8 Å². The van der Waals surface area contributed by atoms with Gasteiger partial charge in [0.2, 0.25) is 0 Å². The molecule has 2 atom stereocenters. The molecule has 0 saturated heterocycles. The van der Waals surface area contributed by atoms with E-state index in [9.17, 15) is 9.18 Å². The zero-order valence-electron chi connectivity index (χ0n) is 19.9. The Morgan fingerprint density at radius 2 is 1.89 bits per heavy atom. The van der Waals surface area contributed by atoms with Crippen LogP contribution in [0.25, 0.3) is 10.9 Å². The number of hydrogen-bond acceptors (Lipinski definition) is 8. The molecule has 3 N–H and O–H groups in total. The summed E-state index contributed by atoms with van der Waals surface area (Å²) in [6.45, 7) is 1.76. The summed E-state index contributed by atoms with van der Waals surface area (Å²) in [4.78, 5) is 19.2. The fourth-order valence-corrected chi connectivity index (χ4v) is 3.74. The second kappa shape index (κ2) is 10.4. The molecule has 0 spiro atoms. The lowest BCUT2D eigenvalue weighted by Crippen LogP contribution is -2.01. The van der Waals surface area contributed by atoms with Crippen molar-refractivity contribution in [3.63, 3.8) is 0 Å². The Labute approximate surface area is 202 Å². The average molecular weight is 479 g/mol. The standard InChI is InChI=1S/C17H16FN5O2.C8H11NO/c1-8-19-6-13(25-2)17(20-8)21-16-11-4-3-10(12-5-9(12)7-24)14(18)15(11)22-23-16;1-9-7-3-5-8(10-2)6-4-7/h3-4,6-7,9,12H,5H2,1-2H3,(H2,19,20,21,22,23);3-6,9H,1-2H3/t9?,12-;/m1./s1. The quantitative estimate of drug-likeness (QED) is 0.331. The molecular weight excluding hydrogens is 451 g/mol. The molecule has 9 nitrogen and oxygen atoms in total. The van der Waals surface area contributed by atoms with Gasteiger partial charge in [0.25, 0.3) is 0 Å². The molecule has 35 heavy (non-hydrogen) atoms. The summed E-state index contributed by atoms with van der Waals surface area (Å²) < 4.78 is 25.0. The van der Waals surface area contributed by atoms with Crippen LogP contribution in [-0.2, 0) is 4.79 Å². The summed E-state index contributed by atoms with van der Waals surface area (Å²) in [6.07, 6.45) is 3.14. The second-order valence-corrected chi connectivity index (χ2v) is 8.04. The average Bonchev–Trinajstić information content (AvgIpc) is 3.56. The topological polar surface area (TPSA) is 114 Å². The van der Waals surface area contributed by atoms with Crippen LogP contribution in [-0.4, -0.2) is 47.7 Å². The van der Waals surface area contributed by atoms with Crippen LogP contribution >= 0.6 is 0 Å². The largest absolute Gasteiger partial charge is 0.497 e. The van der Waals surface area contributed by atoms with Gasteiger partial charge in [-0.25, -0.2) is 14.4 Å². The number of rotatable bonds is 7. The maximum atomic E-state index is 14.8. The molecule has 2 heterocycles. The van der Waals surface area contributed by atoms with E-state index in [0.29, 0.717) is 46.1 Å². The molecule has 1 aliphatic carbocycles. The molecule has 4 aromatic rings. The highest BCUT2D eigenvalue weighted by atomic mass is 19.1. The highest BCUT2D eigenvalue weighted by Gasteiger charge is 2.40. The third-order valence-electron chi connectivity index (χ3n) is 5.83. The predicted molar refractivity (Wildman–Crippen MR) is 132 cm³/mol. The molecule has 5 rings (SSSR count). The first-order valence-corrected chi connectivity index (χ1v) is 11.1. The number of fused-ring (bicyclic) bond motifs is 1. The Hall–Kier alpha value is -4.21. The van der Waals surface area contributed by atoms with Crippen LogP contribution in [0.4, 0.5) is 21.7 Å². The number of methoxy groups -OCH3 is 2. The molecule has 1 unspecified atom stereocenters. The third kappa shape index (κ3) is 5.16. The highest BCUT2D eigenvalue weighted by molar-refractivity contribution is 5.92. The number of aryl methyl sites for hydroxylation is 1. The minimum Gasteiger partial charge on any atom is -0.497 e. The summed E-state index contributed by atoms with van der Waals surface area (Å²) in [5, 5.41) is 13.6. The van der Waals surface area contributed by atoms with E-state index in [1.165, 1.54) is 7.11 Å². The maximum Gasteiger partial charge on any atom is 0.179 e. The summed E-state index contributed by atoms with van der Waals surface area (Å²) in [6, 6.07) is 11.3. The van der Waals surface area contributed by atoms with E-state index in [1.54, 1.807) is 32.4 Å². The van der Waals surface area contributed by atoms with Gasteiger partial charge in [-0.2, -0.15) is 5.10 Å². The predicted octanol–water partition coefficient (Wildman–Crippen LogP) is 4.59. The fourth-order valence-electron chi connectivity index (χ4n) is 3.74. The Bertz CT molecular complexity index is 1300. The number of carbonyl (C=O) groups is 1. The molecule has 0 bridgehead atoms. The van der Waals surface area contributed by atoms with Crippen LogP contribution in [0, 0.1) is 18.7 Å². The van der Waals surface area contributed by atoms with Crippen molar-refractivity contribution in [3.05, 3.63) is 59.8 Å². The van der Waals surface area contributed by atoms with Gasteiger partial charge in [0.1, 0.15) is 23.4 Å². The third-order valence-corrected chi connectivity index (χ3v) is 5.83. The number of aldehydes is 1. The van der Waals surface area contributed by atoms with Crippen molar-refractivity contribution in [1.82, 2.24) is 20.2 Å². The number of nitrogens with zero attached hydrogens (tertiary/aromatic N) is 3. The molecule has 10 heteroatoms. The molecule has 2 aromatic carbocycles. The molecule has 1 fully saturated rings. The van der Waals surface area contributed by atoms with Crippen molar-refractivity contribution in [2.24, 2.45) is 5.92 Å². The number of ether oxygens (including phenoxy) is 2. The number of carbonyl (C=O) groups excluding carboxylic acids is 1. The molecule has 0 amide bonds. The van der Waals surface area contributed by atoms with Gasteiger partial charge in [0.15, 0.2) is 23.2 Å². The van der Waals surface area contributed by atoms with Crippen molar-refractivity contribution < 1.29 is 18.7 Å². The number of aromatic nitrogens is 4. The van der Waals surface area contributed by atoms with Crippen LogP contribution in [0.5, 0.6) is 11.5 Å². The molecule has 0 aliphatic heterocycles. The Morgan fingerprint density at radius 1 is 1.11 bits per heavy atom. The lowest BCUT2D eigenvalue weighted by Gasteiger charge is -2.09. The summed E-state index contributed by atoms with van der Waals surface area (Å²) in [7, 11) is 5.07. The normalized spacial score (nSPS) is 16.1. The minimum atomic E-state index is -0.363. The Morgan fingerprint density at radius 3 is 2.51 bits per heavy atom. The van der Waals surface area contributed by atoms with E-state index in [1.807, 2.05) is 31.3 Å². The molecule has 2 aromatic heterocycles. The van der Waals surface area contributed by atoms with Crippen LogP contribution in [0.3, 0.4) is 0 Å². The number of halogens is 1. The zero-order valence-corrected chi connectivity index (χ0v) is 19.9. The van der Waals surface area contributed by atoms with Gasteiger partial charge < -0.3 is 24.9 Å². The van der Waals surface area contributed by atoms with Crippen molar-refractivity contribution in [1.29, 1.82) is 0 Å². The van der Waals surface area contributed by atoms with Crippen LogP contribution in [0.2, 0.25) is 0 Å². The van der Waals surface area contributed by atoms with Crippen molar-refractivity contribution in [3.8, 4) is 11.5 Å². The van der Waals surface area contributed by atoms with Crippen molar-refractivity contribution in [2.75, 3.05) is 31.9 Å². The molecule has 182 valence electrons. The van der Waals surface area contributed by atoms with Gasteiger partial charge in [-0.05, 0) is 55.2 Å². The van der Waals surface area contributed by atoms with Gasteiger partial charge in [-0.1, -0.05) is 6.07 Å². The van der Waals surface area contributed by atoms with Gasteiger partial charge in [-0.3, -0.25) is 5.10 Å². The second-order valence-electron chi connectivity index (χ2n) is 8.04. The lowest BCUT2D eigenvalue weighted by molar-refractivity contribution is -0.108. The van der Waals surface area contributed by atoms with Crippen LogP contribution in [0.1, 0.15) is 23.7 Å². The van der Waals surface area contributed by atoms with Gasteiger partial charge >= 0.3 is 0 Å². The van der Waals surface area contributed by atoms with Crippen molar-refractivity contribution >= 4 is 34.5 Å². The first-order valence-electron chi connectivity index (χ1n) is 11.1. The number of aromatic amines is 1. The summed E-state index contributed by atoms with van der Waals surface area (Å²) in [5.74, 6) is 2.34. The van der Waals surface area contributed by atoms with Crippen LogP contribution < -0.4 is 20.1 Å². The monoisotopic (exact) mass is 478 g/mol. The number of hydrogen-bond donors (Lipinski definition) is 3. The zero-order chi connectivity index (χ0) is 24.9. The number of nitrogens with one attached hydrogen (secondary N) is 3. The molecule has 1 saturated carbocycles. The number of H-pyrrole nitrogens is 1. The summed E-state index contributed by atoms with van der Waals surface area (Å²) >= 11 is 0. The molecule has 0 radical (unpaired) electrons. The van der Waals surface area contributed by atoms with E-state index < -0.39 is 0 Å². The summed E-state index contributed by atoms with van der Waals surface area (Å²) in [5.41, 5.74) is 1.96. The lowest BCUT2D eigenvalue weighted by atomic mass is 10.1.